The normalized spacial score (nSPS) is 11.1. The lowest BCUT2D eigenvalue weighted by Gasteiger charge is -2.06. The van der Waals surface area contributed by atoms with Gasteiger partial charge >= 0.3 is 0 Å². The van der Waals surface area contributed by atoms with Gasteiger partial charge < -0.3 is 14.6 Å². The quantitative estimate of drug-likeness (QED) is 0.705. The molecular weight excluding hydrogens is 264 g/mol. The minimum Gasteiger partial charge on any atom is -0.383 e. The van der Waals surface area contributed by atoms with Gasteiger partial charge in [0.1, 0.15) is 0 Å². The fraction of sp³-hybridized carbons (Fsp3) is 0.235. The van der Waals surface area contributed by atoms with Crippen molar-refractivity contribution >= 4 is 10.8 Å². The van der Waals surface area contributed by atoms with Gasteiger partial charge in [0, 0.05) is 31.3 Å². The summed E-state index contributed by atoms with van der Waals surface area (Å²) in [6.07, 6.45) is 1.77. The van der Waals surface area contributed by atoms with Crippen LogP contribution in [0.15, 0.2) is 53.2 Å². The maximum Gasteiger partial charge on any atom is 0.171 e. The maximum absolute atomic E-state index is 5.49. The Hall–Kier alpha value is -2.17. The Kier molecular flexibility index (Phi) is 4.28. The molecule has 0 spiro atoms. The first kappa shape index (κ1) is 13.8. The molecule has 4 heteroatoms. The van der Waals surface area contributed by atoms with Crippen molar-refractivity contribution in [2.75, 3.05) is 20.3 Å². The summed E-state index contributed by atoms with van der Waals surface area (Å²) in [5.74, 6) is 0.830. The average Bonchev–Trinajstić information content (AvgIpc) is 2.99. The number of hydrogen-bond acceptors (Lipinski definition) is 4. The summed E-state index contributed by atoms with van der Waals surface area (Å²) in [7, 11) is 1.70. The van der Waals surface area contributed by atoms with E-state index in [-0.39, 0.29) is 0 Å². The fourth-order valence-corrected chi connectivity index (χ4v) is 2.43. The second kappa shape index (κ2) is 6.52. The third-order valence-electron chi connectivity index (χ3n) is 3.48. The molecule has 0 atom stereocenters. The smallest absolute Gasteiger partial charge is 0.171 e. The molecule has 0 radical (unpaired) electrons. The summed E-state index contributed by atoms with van der Waals surface area (Å²) >= 11 is 0. The molecule has 0 unspecified atom stereocenters. The van der Waals surface area contributed by atoms with Gasteiger partial charge in [-0.2, -0.15) is 0 Å². The number of hydrogen-bond donors (Lipinski definition) is 1. The molecule has 0 aliphatic heterocycles. The van der Waals surface area contributed by atoms with Crippen molar-refractivity contribution in [1.29, 1.82) is 0 Å². The number of ether oxygens (including phenoxy) is 1. The first-order valence-corrected chi connectivity index (χ1v) is 7.01. The number of aromatic nitrogens is 1. The molecule has 0 saturated heterocycles. The Morgan fingerprint density at radius 2 is 2.00 bits per heavy atom. The molecule has 4 nitrogen and oxygen atoms in total. The van der Waals surface area contributed by atoms with Crippen LogP contribution in [-0.4, -0.2) is 25.4 Å². The highest BCUT2D eigenvalue weighted by Crippen LogP contribution is 2.30. The Morgan fingerprint density at radius 3 is 2.90 bits per heavy atom. The summed E-state index contributed by atoms with van der Waals surface area (Å²) < 4.78 is 10.5. The van der Waals surface area contributed by atoms with Crippen molar-refractivity contribution < 1.29 is 9.26 Å². The van der Waals surface area contributed by atoms with Gasteiger partial charge in [-0.25, -0.2) is 0 Å². The van der Waals surface area contributed by atoms with Crippen LogP contribution in [0.2, 0.25) is 0 Å². The summed E-state index contributed by atoms with van der Waals surface area (Å²) in [6.45, 7) is 2.21. The molecule has 3 rings (SSSR count). The molecule has 0 amide bonds. The van der Waals surface area contributed by atoms with E-state index in [0.717, 1.165) is 23.4 Å². The molecule has 1 aromatic heterocycles. The van der Waals surface area contributed by atoms with Crippen LogP contribution in [0, 0.1) is 0 Å². The second-order valence-electron chi connectivity index (χ2n) is 4.88. The van der Waals surface area contributed by atoms with E-state index >= 15 is 0 Å². The number of fused-ring (bicyclic) bond motifs is 1. The van der Waals surface area contributed by atoms with E-state index in [0.29, 0.717) is 13.2 Å². The zero-order valence-electron chi connectivity index (χ0n) is 12.0. The number of methoxy groups -OCH3 is 1. The lowest BCUT2D eigenvalue weighted by Crippen LogP contribution is -2.18. The van der Waals surface area contributed by atoms with Gasteiger partial charge in [-0.15, -0.1) is 0 Å². The van der Waals surface area contributed by atoms with Crippen LogP contribution in [-0.2, 0) is 11.3 Å². The van der Waals surface area contributed by atoms with Gasteiger partial charge in [0.15, 0.2) is 5.76 Å². The van der Waals surface area contributed by atoms with Crippen LogP contribution < -0.4 is 5.32 Å². The minimum atomic E-state index is 0.689. The largest absolute Gasteiger partial charge is 0.383 e. The van der Waals surface area contributed by atoms with Crippen molar-refractivity contribution in [3.8, 4) is 11.3 Å². The van der Waals surface area contributed by atoms with Crippen LogP contribution in [0.25, 0.3) is 22.1 Å². The van der Waals surface area contributed by atoms with Crippen LogP contribution in [0.3, 0.4) is 0 Å². The highest BCUT2D eigenvalue weighted by molar-refractivity contribution is 5.95. The predicted octanol–water partition coefficient (Wildman–Crippen LogP) is 3.23. The second-order valence-corrected chi connectivity index (χ2v) is 4.88. The van der Waals surface area contributed by atoms with Gasteiger partial charge in [0.2, 0.25) is 0 Å². The van der Waals surface area contributed by atoms with E-state index in [2.05, 4.69) is 34.7 Å². The number of rotatable bonds is 6. The minimum absolute atomic E-state index is 0.689. The average molecular weight is 282 g/mol. The first-order valence-electron chi connectivity index (χ1n) is 7.01. The molecule has 0 aliphatic rings. The molecule has 1 N–H and O–H groups in total. The van der Waals surface area contributed by atoms with Crippen molar-refractivity contribution in [2.45, 2.75) is 6.54 Å². The molecule has 2 aromatic carbocycles. The van der Waals surface area contributed by atoms with Crippen LogP contribution in [0.4, 0.5) is 0 Å². The highest BCUT2D eigenvalue weighted by Gasteiger charge is 2.13. The van der Waals surface area contributed by atoms with Crippen molar-refractivity contribution in [2.24, 2.45) is 0 Å². The van der Waals surface area contributed by atoms with E-state index in [4.69, 9.17) is 9.26 Å². The molecule has 0 bridgehead atoms. The van der Waals surface area contributed by atoms with E-state index in [1.54, 1.807) is 13.3 Å². The van der Waals surface area contributed by atoms with E-state index in [1.807, 2.05) is 18.2 Å². The Morgan fingerprint density at radius 1 is 1.14 bits per heavy atom. The molecule has 0 aliphatic carbocycles. The monoisotopic (exact) mass is 282 g/mol. The molecule has 0 fully saturated rings. The first-order chi connectivity index (χ1) is 10.4. The lowest BCUT2D eigenvalue weighted by molar-refractivity contribution is 0.199. The third-order valence-corrected chi connectivity index (χ3v) is 3.48. The number of nitrogens with one attached hydrogen (secondary N) is 1. The summed E-state index contributed by atoms with van der Waals surface area (Å²) in [5, 5.41) is 9.65. The fourth-order valence-electron chi connectivity index (χ4n) is 2.43. The Labute approximate surface area is 123 Å². The zero-order chi connectivity index (χ0) is 14.5. The SMILES string of the molecule is COCCNCc1cnoc1-c1cccc2ccccc12. The van der Waals surface area contributed by atoms with Gasteiger partial charge in [0.05, 0.1) is 12.8 Å². The van der Waals surface area contributed by atoms with Crippen molar-refractivity contribution in [1.82, 2.24) is 10.5 Å². The molecule has 1 heterocycles. The number of benzene rings is 2. The van der Waals surface area contributed by atoms with Crippen molar-refractivity contribution in [3.63, 3.8) is 0 Å². The van der Waals surface area contributed by atoms with E-state index in [1.165, 1.54) is 10.8 Å². The van der Waals surface area contributed by atoms with Gasteiger partial charge in [-0.05, 0) is 10.8 Å². The predicted molar refractivity (Wildman–Crippen MR) is 83.0 cm³/mol. The molecule has 3 aromatic rings. The van der Waals surface area contributed by atoms with E-state index < -0.39 is 0 Å². The third kappa shape index (κ3) is 2.96. The molecule has 0 saturated carbocycles. The Bertz CT molecular complexity index is 716. The van der Waals surface area contributed by atoms with Crippen molar-refractivity contribution in [3.05, 3.63) is 54.2 Å². The van der Waals surface area contributed by atoms with Crippen LogP contribution >= 0.6 is 0 Å². The lowest BCUT2D eigenvalue weighted by atomic mass is 10.0. The Balaban J connectivity index is 1.91. The summed E-state index contributed by atoms with van der Waals surface area (Å²) in [4.78, 5) is 0. The molecule has 108 valence electrons. The standard InChI is InChI=1S/C17H18N2O2/c1-20-10-9-18-11-14-12-19-21-17(14)16-8-4-6-13-5-2-3-7-15(13)16/h2-8,12,18H,9-11H2,1H3. The molecule has 21 heavy (non-hydrogen) atoms. The zero-order valence-corrected chi connectivity index (χ0v) is 12.0. The van der Waals surface area contributed by atoms with Gasteiger partial charge in [-0.3, -0.25) is 0 Å². The van der Waals surface area contributed by atoms with Crippen LogP contribution in [0.5, 0.6) is 0 Å². The van der Waals surface area contributed by atoms with Crippen LogP contribution in [0.1, 0.15) is 5.56 Å². The highest BCUT2D eigenvalue weighted by atomic mass is 16.5. The van der Waals surface area contributed by atoms with E-state index in [9.17, 15) is 0 Å². The topological polar surface area (TPSA) is 47.3 Å². The van der Waals surface area contributed by atoms with Gasteiger partial charge in [0.25, 0.3) is 0 Å². The van der Waals surface area contributed by atoms with Gasteiger partial charge in [-0.1, -0.05) is 47.6 Å². The maximum atomic E-state index is 5.49. The summed E-state index contributed by atoms with van der Waals surface area (Å²) in [6, 6.07) is 14.5. The number of nitrogens with zero attached hydrogens (tertiary/aromatic N) is 1. The summed E-state index contributed by atoms with van der Waals surface area (Å²) in [5.41, 5.74) is 2.14. The molecular formula is C17H18N2O2.